The normalized spacial score (nSPS) is 9.70. The molecule has 6 nitrogen and oxygen atoms in total. The largest absolute Gasteiger partial charge is 0.423 e. The van der Waals surface area contributed by atoms with Gasteiger partial charge in [0, 0.05) is 7.05 Å². The zero-order valence-corrected chi connectivity index (χ0v) is 5.17. The third kappa shape index (κ3) is 0.903. The van der Waals surface area contributed by atoms with E-state index < -0.39 is 17.1 Å². The minimum atomic E-state index is -0.909. The second kappa shape index (κ2) is 1.98. The van der Waals surface area contributed by atoms with Crippen LogP contribution in [0.2, 0.25) is 0 Å². The molecular formula is C4H5N3O3. The number of hydrogen-bond acceptors (Lipinski definition) is 4. The van der Waals surface area contributed by atoms with E-state index in [1.165, 1.54) is 7.05 Å². The Morgan fingerprint density at radius 3 is 2.70 bits per heavy atom. The van der Waals surface area contributed by atoms with Gasteiger partial charge in [0.05, 0.1) is 0 Å². The van der Waals surface area contributed by atoms with E-state index in [4.69, 9.17) is 5.41 Å². The fourth-order valence-electron chi connectivity index (χ4n) is 0.445. The molecule has 0 spiro atoms. The van der Waals surface area contributed by atoms with Crippen LogP contribution in [0.5, 0.6) is 0 Å². The molecule has 0 fully saturated rings. The Balaban J connectivity index is 3.80. The van der Waals surface area contributed by atoms with Gasteiger partial charge in [0.15, 0.2) is 0 Å². The van der Waals surface area contributed by atoms with Gasteiger partial charge in [-0.25, -0.2) is 14.6 Å². The molecule has 0 saturated carbocycles. The number of nitrogens with one attached hydrogen (secondary N) is 2. The minimum absolute atomic E-state index is 0.464. The molecular weight excluding hydrogens is 138 g/mol. The average Bonchev–Trinajstić information content (AvgIpc) is 1.82. The Hall–Kier alpha value is -1.59. The number of aromatic amines is 1. The van der Waals surface area contributed by atoms with E-state index in [1.807, 2.05) is 4.98 Å². The number of aromatic nitrogens is 2. The zero-order chi connectivity index (χ0) is 7.72. The predicted molar refractivity (Wildman–Crippen MR) is 30.4 cm³/mol. The van der Waals surface area contributed by atoms with Gasteiger partial charge in [-0.05, 0) is 0 Å². The Morgan fingerprint density at radius 2 is 2.20 bits per heavy atom. The number of H-pyrrole nitrogens is 1. The number of nitrogens with zero attached hydrogens (tertiary/aromatic N) is 1. The maximum atomic E-state index is 10.6. The maximum Gasteiger partial charge on any atom is 0.423 e. The molecule has 0 aromatic carbocycles. The highest BCUT2D eigenvalue weighted by atomic mass is 16.4. The maximum absolute atomic E-state index is 10.6. The molecule has 1 heterocycles. The van der Waals surface area contributed by atoms with Crippen LogP contribution in [-0.2, 0) is 7.05 Å². The van der Waals surface area contributed by atoms with Crippen molar-refractivity contribution in [1.29, 1.82) is 5.41 Å². The highest BCUT2D eigenvalue weighted by Gasteiger charge is 1.93. The van der Waals surface area contributed by atoms with Gasteiger partial charge in [-0.2, -0.15) is 0 Å². The Kier molecular flexibility index (Phi) is 1.29. The second-order valence-electron chi connectivity index (χ2n) is 1.68. The lowest BCUT2D eigenvalue weighted by molar-refractivity contribution is 0.361. The average molecular weight is 143 g/mol. The zero-order valence-electron chi connectivity index (χ0n) is 5.17. The molecule has 10 heavy (non-hydrogen) atoms. The predicted octanol–water partition coefficient (Wildman–Crippen LogP) is -1.85. The van der Waals surface area contributed by atoms with Crippen molar-refractivity contribution in [3.05, 3.63) is 26.7 Å². The highest BCUT2D eigenvalue weighted by Crippen LogP contribution is 1.49. The summed E-state index contributed by atoms with van der Waals surface area (Å²) in [6.07, 6.45) is 0. The lowest BCUT2D eigenvalue weighted by Crippen LogP contribution is -2.37. The van der Waals surface area contributed by atoms with Gasteiger partial charge >= 0.3 is 17.1 Å². The summed E-state index contributed by atoms with van der Waals surface area (Å²) in [5.74, 6) is -0.909. The number of rotatable bonds is 0. The molecule has 1 aromatic rings. The van der Waals surface area contributed by atoms with Crippen molar-refractivity contribution in [2.24, 2.45) is 7.05 Å². The third-order valence-corrected chi connectivity index (χ3v) is 1.01. The van der Waals surface area contributed by atoms with Crippen LogP contribution in [0.4, 0.5) is 0 Å². The van der Waals surface area contributed by atoms with E-state index in [0.29, 0.717) is 0 Å². The van der Waals surface area contributed by atoms with Crippen molar-refractivity contribution < 1.29 is 4.42 Å². The SMILES string of the molecule is Cn1c(=O)[nH]c(=O)oc1=N. The fourth-order valence-corrected chi connectivity index (χ4v) is 0.445. The van der Waals surface area contributed by atoms with Gasteiger partial charge in [-0.15, -0.1) is 0 Å². The monoisotopic (exact) mass is 143 g/mol. The van der Waals surface area contributed by atoms with Crippen molar-refractivity contribution in [3.63, 3.8) is 0 Å². The van der Waals surface area contributed by atoms with E-state index in [9.17, 15) is 9.59 Å². The van der Waals surface area contributed by atoms with Crippen LogP contribution >= 0.6 is 0 Å². The van der Waals surface area contributed by atoms with Gasteiger partial charge in [0.25, 0.3) is 0 Å². The van der Waals surface area contributed by atoms with Gasteiger partial charge in [-0.1, -0.05) is 0 Å². The van der Waals surface area contributed by atoms with E-state index in [2.05, 4.69) is 4.42 Å². The van der Waals surface area contributed by atoms with Gasteiger partial charge in [0.1, 0.15) is 0 Å². The van der Waals surface area contributed by atoms with E-state index >= 15 is 0 Å². The fraction of sp³-hybridized carbons (Fsp3) is 0.250. The summed E-state index contributed by atoms with van der Waals surface area (Å²) in [7, 11) is 1.32. The quantitative estimate of drug-likeness (QED) is 0.446. The Bertz CT molecular complexity index is 361. The molecule has 6 heteroatoms. The van der Waals surface area contributed by atoms with Gasteiger partial charge in [0.2, 0.25) is 0 Å². The molecule has 1 aromatic heterocycles. The van der Waals surface area contributed by atoms with Gasteiger partial charge < -0.3 is 4.42 Å². The van der Waals surface area contributed by atoms with Crippen molar-refractivity contribution in [1.82, 2.24) is 9.55 Å². The van der Waals surface area contributed by atoms with Crippen LogP contribution in [0.25, 0.3) is 0 Å². The van der Waals surface area contributed by atoms with Crippen LogP contribution in [0.3, 0.4) is 0 Å². The van der Waals surface area contributed by atoms with Crippen molar-refractivity contribution >= 4 is 0 Å². The van der Waals surface area contributed by atoms with Crippen molar-refractivity contribution in [2.45, 2.75) is 0 Å². The summed E-state index contributed by atoms with van der Waals surface area (Å²) in [5, 5.41) is 6.88. The standard InChI is InChI=1S/C4H5N3O3/c1-7-2(5)10-4(9)6-3(7)8/h5H,1H3,(H,6,8,9). The molecule has 0 amide bonds. The molecule has 0 atom stereocenters. The molecule has 0 aliphatic carbocycles. The molecule has 0 saturated heterocycles. The summed E-state index contributed by atoms with van der Waals surface area (Å²) in [4.78, 5) is 22.7. The molecule has 1 rings (SSSR count). The number of hydrogen-bond donors (Lipinski definition) is 2. The Labute approximate surface area is 54.3 Å². The van der Waals surface area contributed by atoms with Crippen LogP contribution in [0, 0.1) is 5.41 Å². The first-order chi connectivity index (χ1) is 4.61. The van der Waals surface area contributed by atoms with E-state index in [1.54, 1.807) is 0 Å². The minimum Gasteiger partial charge on any atom is -0.375 e. The Morgan fingerprint density at radius 1 is 1.60 bits per heavy atom. The summed E-state index contributed by atoms with van der Waals surface area (Å²) < 4.78 is 5.08. The molecule has 0 radical (unpaired) electrons. The first kappa shape index (κ1) is 6.53. The van der Waals surface area contributed by atoms with Crippen LogP contribution in [0.15, 0.2) is 14.0 Å². The summed E-state index contributed by atoms with van der Waals surface area (Å²) in [6, 6.07) is 0. The van der Waals surface area contributed by atoms with Crippen LogP contribution < -0.4 is 17.1 Å². The molecule has 54 valence electrons. The topological polar surface area (TPSA) is 91.8 Å². The summed E-state index contributed by atoms with van der Waals surface area (Å²) in [5.41, 5.74) is -1.12. The summed E-state index contributed by atoms with van der Waals surface area (Å²) in [6.45, 7) is 0. The lowest BCUT2D eigenvalue weighted by Gasteiger charge is -1.89. The van der Waals surface area contributed by atoms with E-state index in [-0.39, 0.29) is 0 Å². The van der Waals surface area contributed by atoms with Crippen LogP contribution in [0.1, 0.15) is 0 Å². The van der Waals surface area contributed by atoms with Crippen molar-refractivity contribution in [2.75, 3.05) is 0 Å². The molecule has 0 bridgehead atoms. The molecule has 0 aliphatic rings. The molecule has 2 N–H and O–H groups in total. The smallest absolute Gasteiger partial charge is 0.375 e. The first-order valence-corrected chi connectivity index (χ1v) is 2.46. The van der Waals surface area contributed by atoms with Gasteiger partial charge in [-0.3, -0.25) is 9.98 Å². The third-order valence-electron chi connectivity index (χ3n) is 1.01. The highest BCUT2D eigenvalue weighted by molar-refractivity contribution is 4.57. The van der Waals surface area contributed by atoms with Crippen LogP contribution in [-0.4, -0.2) is 9.55 Å². The second-order valence-corrected chi connectivity index (χ2v) is 1.68. The van der Waals surface area contributed by atoms with Crippen molar-refractivity contribution in [3.8, 4) is 0 Å². The molecule has 0 unspecified atom stereocenters. The molecule has 0 aliphatic heterocycles. The first-order valence-electron chi connectivity index (χ1n) is 2.46. The lowest BCUT2D eigenvalue weighted by atomic mass is 11.0. The summed E-state index contributed by atoms with van der Waals surface area (Å²) >= 11 is 0. The van der Waals surface area contributed by atoms with E-state index in [0.717, 1.165) is 4.57 Å².